The highest BCUT2D eigenvalue weighted by molar-refractivity contribution is 6.11. The Kier molecular flexibility index (Phi) is 8.56. The molecule has 0 unspecified atom stereocenters. The highest BCUT2D eigenvalue weighted by Crippen LogP contribution is 2.43. The van der Waals surface area contributed by atoms with Crippen LogP contribution in [-0.4, -0.2) is 59.7 Å². The van der Waals surface area contributed by atoms with Crippen molar-refractivity contribution in [2.75, 3.05) is 38.0 Å². The smallest absolute Gasteiger partial charge is 0.194 e. The molecule has 0 amide bonds. The van der Waals surface area contributed by atoms with Crippen molar-refractivity contribution in [1.82, 2.24) is 19.9 Å². The van der Waals surface area contributed by atoms with Crippen LogP contribution in [0.4, 0.5) is 11.4 Å². The van der Waals surface area contributed by atoms with E-state index in [-0.39, 0.29) is 11.6 Å². The van der Waals surface area contributed by atoms with Gasteiger partial charge >= 0.3 is 0 Å². The number of rotatable bonds is 6. The predicted octanol–water partition coefficient (Wildman–Crippen LogP) is 9.21. The third kappa shape index (κ3) is 5.83. The maximum atomic E-state index is 14.5. The summed E-state index contributed by atoms with van der Waals surface area (Å²) in [5.74, 6) is -0.0548. The van der Waals surface area contributed by atoms with Gasteiger partial charge < -0.3 is 29.7 Å². The van der Waals surface area contributed by atoms with Crippen LogP contribution < -0.4 is 9.80 Å². The zero-order chi connectivity index (χ0) is 39.1. The maximum Gasteiger partial charge on any atom is 0.194 e. The van der Waals surface area contributed by atoms with Gasteiger partial charge in [-0.1, -0.05) is 0 Å². The van der Waals surface area contributed by atoms with E-state index < -0.39 is 21.7 Å². The number of nitrogens with zero attached hydrogens (tertiary/aromatic N) is 2. The first-order valence-corrected chi connectivity index (χ1v) is 18.8. The van der Waals surface area contributed by atoms with Gasteiger partial charge in [0, 0.05) is 129 Å². The van der Waals surface area contributed by atoms with Crippen LogP contribution in [0, 0.1) is 0 Å². The molecule has 6 aromatic rings. The number of benzene rings is 2. The maximum absolute atomic E-state index is 14.5. The molecule has 0 fully saturated rings. The fourth-order valence-electron chi connectivity index (χ4n) is 7.87. The van der Waals surface area contributed by atoms with Crippen molar-refractivity contribution in [3.63, 3.8) is 0 Å². The highest BCUT2D eigenvalue weighted by atomic mass is 16.1. The number of fused-ring (bicyclic) bond motifs is 8. The number of aromatic nitrogens is 4. The first kappa shape index (κ1) is 36.8. The number of hydrogen-bond donors (Lipinski definition) is 4. The fraction of sp³-hybridized carbons (Fsp3) is 0.348. The van der Waals surface area contributed by atoms with Crippen molar-refractivity contribution in [1.29, 1.82) is 0 Å². The summed E-state index contributed by atoms with van der Waals surface area (Å²) in [6.07, 6.45) is 0. The second kappa shape index (κ2) is 12.5. The molecule has 1 aliphatic rings. The number of hydrogen-bond acceptors (Lipinski definition) is 4. The van der Waals surface area contributed by atoms with Crippen LogP contribution in [0.2, 0.25) is 0 Å². The van der Waals surface area contributed by atoms with E-state index >= 15 is 0 Å². The molecule has 8 heteroatoms. The standard InChI is InChI=1S/C46H54N6O2/c1-43(2)33-21-22-34(47-33)44(3,4)38-26-32(40(54)28-15-19-30(20-16-28)52(11)12)42(50-38)46(7,8)36-24-23-35(48-36)45(5,6)41-31(25-37(43)49-41)39(53)27-13-17-29(18-14-27)51(9)10/h13-26,47-50H,1-12H3. The molecule has 0 saturated heterocycles. The van der Waals surface area contributed by atoms with E-state index in [9.17, 15) is 9.59 Å². The third-order valence-electron chi connectivity index (χ3n) is 12.1. The Morgan fingerprint density at radius 3 is 1.00 bits per heavy atom. The molecule has 5 heterocycles. The van der Waals surface area contributed by atoms with Crippen LogP contribution in [0.1, 0.15) is 133 Å². The number of nitrogens with one attached hydrogen (secondary N) is 4. The van der Waals surface area contributed by atoms with Crippen LogP contribution in [0.3, 0.4) is 0 Å². The third-order valence-corrected chi connectivity index (χ3v) is 12.1. The minimum Gasteiger partial charge on any atom is -0.378 e. The van der Waals surface area contributed by atoms with Crippen LogP contribution in [0.5, 0.6) is 0 Å². The molecular formula is C46H54N6O2. The Hall–Kier alpha value is -5.50. The summed E-state index contributed by atoms with van der Waals surface area (Å²) >= 11 is 0. The summed E-state index contributed by atoms with van der Waals surface area (Å²) in [4.78, 5) is 48.2. The van der Waals surface area contributed by atoms with E-state index in [0.717, 1.165) is 56.9 Å². The Balaban J connectivity index is 1.43. The Bertz CT molecular complexity index is 2210. The Labute approximate surface area is 319 Å². The van der Waals surface area contributed by atoms with E-state index in [1.54, 1.807) is 0 Å². The van der Waals surface area contributed by atoms with Crippen LogP contribution in [0.15, 0.2) is 84.9 Å². The van der Waals surface area contributed by atoms with Crippen molar-refractivity contribution in [3.05, 3.63) is 153 Å². The summed E-state index contributed by atoms with van der Waals surface area (Å²) in [6.45, 7) is 17.3. The van der Waals surface area contributed by atoms with Gasteiger partial charge in [0.2, 0.25) is 0 Å². The zero-order valence-corrected chi connectivity index (χ0v) is 33.8. The predicted molar refractivity (Wildman–Crippen MR) is 220 cm³/mol. The number of anilines is 2. The average molecular weight is 723 g/mol. The van der Waals surface area contributed by atoms with Gasteiger partial charge in [0.1, 0.15) is 0 Å². The lowest BCUT2D eigenvalue weighted by atomic mass is 9.82. The summed E-state index contributed by atoms with van der Waals surface area (Å²) in [7, 11) is 7.98. The van der Waals surface area contributed by atoms with Gasteiger partial charge in [-0.05, 0) is 140 Å². The first-order chi connectivity index (χ1) is 25.2. The summed E-state index contributed by atoms with van der Waals surface area (Å²) in [5.41, 5.74) is 9.92. The molecule has 4 aromatic heterocycles. The van der Waals surface area contributed by atoms with Crippen molar-refractivity contribution in [2.45, 2.75) is 77.0 Å². The molecule has 0 radical (unpaired) electrons. The summed E-state index contributed by atoms with van der Waals surface area (Å²) in [5, 5.41) is 0. The number of carbonyl (C=O) groups excluding carboxylic acids is 2. The monoisotopic (exact) mass is 722 g/mol. The van der Waals surface area contributed by atoms with E-state index in [2.05, 4.69) is 112 Å². The van der Waals surface area contributed by atoms with E-state index in [1.807, 2.05) is 86.5 Å². The molecule has 4 N–H and O–H groups in total. The van der Waals surface area contributed by atoms with Gasteiger partial charge in [-0.2, -0.15) is 0 Å². The highest BCUT2D eigenvalue weighted by Gasteiger charge is 2.40. The van der Waals surface area contributed by atoms with E-state index in [1.165, 1.54) is 0 Å². The second-order valence-electron chi connectivity index (χ2n) is 17.6. The first-order valence-electron chi connectivity index (χ1n) is 18.8. The zero-order valence-electron chi connectivity index (χ0n) is 33.8. The van der Waals surface area contributed by atoms with Gasteiger partial charge in [0.05, 0.1) is 0 Å². The Morgan fingerprint density at radius 2 is 0.704 bits per heavy atom. The molecule has 8 nitrogen and oxygen atoms in total. The summed E-state index contributed by atoms with van der Waals surface area (Å²) < 4.78 is 0. The topological polar surface area (TPSA) is 104 Å². The van der Waals surface area contributed by atoms with Crippen LogP contribution in [0.25, 0.3) is 0 Å². The SMILES string of the molecule is CN(C)c1ccc(C(=O)c2cc3[nH]c2C(C)(C)c2ccc([nH]2)C(C)(C)c2[nH]c(cc2C(=O)c2ccc(N(C)C)cc2)C(C)(C)c2ccc([nH]2)C3(C)C)cc1. The van der Waals surface area contributed by atoms with Crippen LogP contribution in [-0.2, 0) is 21.7 Å². The lowest BCUT2D eigenvalue weighted by Gasteiger charge is -2.29. The molecule has 8 bridgehead atoms. The van der Waals surface area contributed by atoms with Crippen molar-refractivity contribution in [3.8, 4) is 0 Å². The molecule has 54 heavy (non-hydrogen) atoms. The molecule has 0 saturated carbocycles. The number of carbonyl (C=O) groups is 2. The lowest BCUT2D eigenvalue weighted by molar-refractivity contribution is 0.102. The molecule has 2 aromatic carbocycles. The lowest BCUT2D eigenvalue weighted by Crippen LogP contribution is -2.27. The number of aromatic amines is 4. The molecule has 0 aliphatic carbocycles. The minimum atomic E-state index is -0.620. The van der Waals surface area contributed by atoms with Gasteiger partial charge in [-0.15, -0.1) is 0 Å². The van der Waals surface area contributed by atoms with Crippen molar-refractivity contribution < 1.29 is 9.59 Å². The van der Waals surface area contributed by atoms with Crippen molar-refractivity contribution in [2.24, 2.45) is 0 Å². The molecule has 280 valence electrons. The molecule has 7 rings (SSSR count). The normalized spacial score (nSPS) is 16.5. The van der Waals surface area contributed by atoms with Gasteiger partial charge in [0.25, 0.3) is 0 Å². The van der Waals surface area contributed by atoms with E-state index in [0.29, 0.717) is 22.3 Å². The average Bonchev–Trinajstić information content (AvgIpc) is 3.96. The van der Waals surface area contributed by atoms with Gasteiger partial charge in [-0.25, -0.2) is 0 Å². The quantitative estimate of drug-likeness (QED) is 0.129. The van der Waals surface area contributed by atoms with Gasteiger partial charge in [0.15, 0.2) is 11.6 Å². The largest absolute Gasteiger partial charge is 0.378 e. The van der Waals surface area contributed by atoms with Crippen molar-refractivity contribution >= 4 is 22.9 Å². The van der Waals surface area contributed by atoms with Crippen LogP contribution >= 0.6 is 0 Å². The molecular weight excluding hydrogens is 669 g/mol. The molecule has 0 atom stereocenters. The number of H-pyrrole nitrogens is 4. The minimum absolute atomic E-state index is 0.0274. The fourth-order valence-corrected chi connectivity index (χ4v) is 7.87. The Morgan fingerprint density at radius 1 is 0.407 bits per heavy atom. The second-order valence-corrected chi connectivity index (χ2v) is 17.6. The van der Waals surface area contributed by atoms with Gasteiger partial charge in [-0.3, -0.25) is 9.59 Å². The number of ketones is 2. The molecule has 0 spiro atoms. The van der Waals surface area contributed by atoms with E-state index in [4.69, 9.17) is 0 Å². The summed E-state index contributed by atoms with van der Waals surface area (Å²) in [6, 6.07) is 28.2. The molecule has 1 aliphatic heterocycles.